The zero-order chi connectivity index (χ0) is 12.3. The van der Waals surface area contributed by atoms with Crippen molar-refractivity contribution in [1.82, 2.24) is 9.36 Å². The van der Waals surface area contributed by atoms with Gasteiger partial charge in [0.1, 0.15) is 6.61 Å². The Kier molecular flexibility index (Phi) is 3.82. The van der Waals surface area contributed by atoms with E-state index in [-0.39, 0.29) is 5.91 Å². The molecule has 0 unspecified atom stereocenters. The van der Waals surface area contributed by atoms with Crippen molar-refractivity contribution < 1.29 is 9.53 Å². The Morgan fingerprint density at radius 3 is 3.00 bits per heavy atom. The predicted octanol–water partition coefficient (Wildman–Crippen LogP) is 2.31. The zero-order valence-electron chi connectivity index (χ0n) is 9.39. The number of carbonyl (C=O) groups is 1. The minimum atomic E-state index is -0.149. The van der Waals surface area contributed by atoms with Crippen molar-refractivity contribution in [3.63, 3.8) is 0 Å². The SMILES string of the molecule is COCc1nsc(NC(=O)c2cscc2C)n1. The number of thiophene rings is 1. The van der Waals surface area contributed by atoms with Crippen molar-refractivity contribution in [1.29, 1.82) is 0 Å². The third-order valence-electron chi connectivity index (χ3n) is 2.06. The summed E-state index contributed by atoms with van der Waals surface area (Å²) in [6, 6.07) is 0. The van der Waals surface area contributed by atoms with E-state index in [1.807, 2.05) is 17.7 Å². The van der Waals surface area contributed by atoms with Crippen molar-refractivity contribution in [2.75, 3.05) is 12.4 Å². The number of ether oxygens (including phenoxy) is 1. The van der Waals surface area contributed by atoms with Crippen molar-refractivity contribution in [2.45, 2.75) is 13.5 Å². The number of anilines is 1. The van der Waals surface area contributed by atoms with Gasteiger partial charge in [-0.15, -0.1) is 0 Å². The van der Waals surface area contributed by atoms with Gasteiger partial charge in [0, 0.05) is 24.0 Å². The lowest BCUT2D eigenvalue weighted by atomic mass is 10.2. The molecule has 0 aromatic carbocycles. The van der Waals surface area contributed by atoms with Crippen molar-refractivity contribution in [3.05, 3.63) is 27.7 Å². The number of aromatic nitrogens is 2. The summed E-state index contributed by atoms with van der Waals surface area (Å²) in [5.74, 6) is 0.429. The van der Waals surface area contributed by atoms with Crippen LogP contribution in [0.2, 0.25) is 0 Å². The monoisotopic (exact) mass is 269 g/mol. The van der Waals surface area contributed by atoms with Gasteiger partial charge in [-0.25, -0.2) is 4.98 Å². The molecule has 0 saturated carbocycles. The Morgan fingerprint density at radius 2 is 2.35 bits per heavy atom. The Morgan fingerprint density at radius 1 is 1.53 bits per heavy atom. The first-order chi connectivity index (χ1) is 8.20. The number of hydrogen-bond donors (Lipinski definition) is 1. The molecule has 1 N–H and O–H groups in total. The maximum absolute atomic E-state index is 11.9. The van der Waals surface area contributed by atoms with Gasteiger partial charge in [-0.2, -0.15) is 15.7 Å². The molecule has 0 aliphatic heterocycles. The Hall–Kier alpha value is -1.31. The highest BCUT2D eigenvalue weighted by atomic mass is 32.1. The van der Waals surface area contributed by atoms with Gasteiger partial charge in [0.2, 0.25) is 5.13 Å². The summed E-state index contributed by atoms with van der Waals surface area (Å²) in [7, 11) is 1.58. The molecule has 0 atom stereocenters. The molecule has 0 radical (unpaired) electrons. The number of methoxy groups -OCH3 is 1. The number of hydrogen-bond acceptors (Lipinski definition) is 6. The van der Waals surface area contributed by atoms with Crippen LogP contribution >= 0.6 is 22.9 Å². The predicted molar refractivity (Wildman–Crippen MR) is 67.6 cm³/mol. The molecule has 0 bridgehead atoms. The fraction of sp³-hybridized carbons (Fsp3) is 0.300. The lowest BCUT2D eigenvalue weighted by Gasteiger charge is -1.99. The highest BCUT2D eigenvalue weighted by Crippen LogP contribution is 2.17. The van der Waals surface area contributed by atoms with E-state index in [0.29, 0.717) is 23.1 Å². The van der Waals surface area contributed by atoms with Crippen LogP contribution in [-0.4, -0.2) is 22.4 Å². The second-order valence-electron chi connectivity index (χ2n) is 3.37. The van der Waals surface area contributed by atoms with E-state index in [0.717, 1.165) is 17.1 Å². The second kappa shape index (κ2) is 5.35. The molecular weight excluding hydrogens is 258 g/mol. The van der Waals surface area contributed by atoms with E-state index < -0.39 is 0 Å². The number of nitrogens with zero attached hydrogens (tertiary/aromatic N) is 2. The van der Waals surface area contributed by atoms with Crippen LogP contribution in [0.15, 0.2) is 10.8 Å². The summed E-state index contributed by atoms with van der Waals surface area (Å²) >= 11 is 2.66. The van der Waals surface area contributed by atoms with Crippen LogP contribution in [0.4, 0.5) is 5.13 Å². The van der Waals surface area contributed by atoms with Gasteiger partial charge in [-0.3, -0.25) is 10.1 Å². The summed E-state index contributed by atoms with van der Waals surface area (Å²) in [6.45, 7) is 2.26. The fourth-order valence-electron chi connectivity index (χ4n) is 1.25. The van der Waals surface area contributed by atoms with E-state index in [1.165, 1.54) is 11.3 Å². The summed E-state index contributed by atoms with van der Waals surface area (Å²) in [5.41, 5.74) is 1.65. The third-order valence-corrected chi connectivity index (χ3v) is 3.59. The zero-order valence-corrected chi connectivity index (χ0v) is 11.0. The number of rotatable bonds is 4. The number of amides is 1. The molecule has 2 aromatic rings. The first-order valence-electron chi connectivity index (χ1n) is 4.86. The molecule has 7 heteroatoms. The number of carbonyl (C=O) groups excluding carboxylic acids is 1. The molecule has 0 saturated heterocycles. The van der Waals surface area contributed by atoms with Crippen LogP contribution in [0.1, 0.15) is 21.7 Å². The van der Waals surface area contributed by atoms with Crippen LogP contribution in [0.5, 0.6) is 0 Å². The van der Waals surface area contributed by atoms with Crippen molar-refractivity contribution >= 4 is 33.9 Å². The maximum Gasteiger partial charge on any atom is 0.258 e. The smallest absolute Gasteiger partial charge is 0.258 e. The maximum atomic E-state index is 11.9. The third kappa shape index (κ3) is 2.87. The van der Waals surface area contributed by atoms with E-state index in [1.54, 1.807) is 7.11 Å². The van der Waals surface area contributed by atoms with Crippen molar-refractivity contribution in [2.24, 2.45) is 0 Å². The largest absolute Gasteiger partial charge is 0.377 e. The van der Waals surface area contributed by atoms with Crippen LogP contribution in [0.3, 0.4) is 0 Å². The molecule has 0 aliphatic carbocycles. The molecule has 2 heterocycles. The summed E-state index contributed by atoms with van der Waals surface area (Å²) < 4.78 is 8.96. The van der Waals surface area contributed by atoms with Gasteiger partial charge in [-0.1, -0.05) is 0 Å². The van der Waals surface area contributed by atoms with E-state index in [9.17, 15) is 4.79 Å². The van der Waals surface area contributed by atoms with Crippen molar-refractivity contribution in [3.8, 4) is 0 Å². The fourth-order valence-corrected chi connectivity index (χ4v) is 2.65. The van der Waals surface area contributed by atoms with Gasteiger partial charge in [0.15, 0.2) is 5.82 Å². The highest BCUT2D eigenvalue weighted by Gasteiger charge is 2.12. The summed E-state index contributed by atoms with van der Waals surface area (Å²) in [4.78, 5) is 16.0. The first kappa shape index (κ1) is 12.2. The Bertz CT molecular complexity index is 521. The highest BCUT2D eigenvalue weighted by molar-refractivity contribution is 7.10. The van der Waals surface area contributed by atoms with Gasteiger partial charge in [-0.05, 0) is 17.9 Å². The first-order valence-corrected chi connectivity index (χ1v) is 6.58. The molecule has 0 fully saturated rings. The van der Waals surface area contributed by atoms with E-state index in [4.69, 9.17) is 4.74 Å². The lowest BCUT2D eigenvalue weighted by Crippen LogP contribution is -2.11. The quantitative estimate of drug-likeness (QED) is 0.925. The van der Waals surface area contributed by atoms with Crippen LogP contribution in [0, 0.1) is 6.92 Å². The molecule has 17 heavy (non-hydrogen) atoms. The molecule has 5 nitrogen and oxygen atoms in total. The Labute approximate surface area is 107 Å². The van der Waals surface area contributed by atoms with Gasteiger partial charge in [0.05, 0.1) is 5.56 Å². The number of aryl methyl sites for hydroxylation is 1. The van der Waals surface area contributed by atoms with Crippen LogP contribution in [-0.2, 0) is 11.3 Å². The minimum Gasteiger partial charge on any atom is -0.377 e. The normalized spacial score (nSPS) is 10.5. The summed E-state index contributed by atoms with van der Waals surface area (Å²) in [6.07, 6.45) is 0. The summed E-state index contributed by atoms with van der Waals surface area (Å²) in [5, 5.41) is 6.97. The molecule has 90 valence electrons. The topological polar surface area (TPSA) is 64.1 Å². The van der Waals surface area contributed by atoms with Gasteiger partial charge in [0.25, 0.3) is 5.91 Å². The average Bonchev–Trinajstić information content (AvgIpc) is 2.88. The van der Waals surface area contributed by atoms with Crippen LogP contribution < -0.4 is 5.32 Å². The molecule has 0 aliphatic rings. The molecular formula is C10H11N3O2S2. The molecule has 1 amide bonds. The molecule has 2 rings (SSSR count). The minimum absolute atomic E-state index is 0.149. The van der Waals surface area contributed by atoms with Gasteiger partial charge >= 0.3 is 0 Å². The molecule has 2 aromatic heterocycles. The molecule has 0 spiro atoms. The van der Waals surface area contributed by atoms with E-state index in [2.05, 4.69) is 14.7 Å². The van der Waals surface area contributed by atoms with Crippen LogP contribution in [0.25, 0.3) is 0 Å². The van der Waals surface area contributed by atoms with Gasteiger partial charge < -0.3 is 4.74 Å². The standard InChI is InChI=1S/C10H11N3O2S2/c1-6-4-16-5-7(6)9(14)12-10-11-8(3-15-2)13-17-10/h4-5H,3H2,1-2H3,(H,11,12,13,14). The van der Waals surface area contributed by atoms with E-state index >= 15 is 0 Å². The lowest BCUT2D eigenvalue weighted by molar-refractivity contribution is 0.102. The average molecular weight is 269 g/mol. The number of nitrogens with one attached hydrogen (secondary N) is 1. The second-order valence-corrected chi connectivity index (χ2v) is 4.87. The Balaban J connectivity index is 2.05.